The Morgan fingerprint density at radius 2 is 2.00 bits per heavy atom. The van der Waals surface area contributed by atoms with Crippen LogP contribution in [0.5, 0.6) is 0 Å². The molecule has 0 spiro atoms. The van der Waals surface area contributed by atoms with E-state index in [1.165, 1.54) is 16.6 Å². The molecule has 1 aliphatic heterocycles. The first-order valence-corrected chi connectivity index (χ1v) is 11.7. The van der Waals surface area contributed by atoms with Gasteiger partial charge in [-0.25, -0.2) is 0 Å². The minimum absolute atomic E-state index is 0.00614. The number of hydrogen-bond donors (Lipinski definition) is 1. The maximum absolute atomic E-state index is 12.7. The summed E-state index contributed by atoms with van der Waals surface area (Å²) in [5.41, 5.74) is 6.40. The minimum Gasteiger partial charge on any atom is -0.369 e. The third-order valence-corrected chi connectivity index (χ3v) is 6.92. The van der Waals surface area contributed by atoms with Crippen molar-refractivity contribution in [1.82, 2.24) is 19.7 Å². The third kappa shape index (κ3) is 4.73. The van der Waals surface area contributed by atoms with Gasteiger partial charge in [-0.1, -0.05) is 36.0 Å². The number of hydrogen-bond acceptors (Lipinski definition) is 6. The van der Waals surface area contributed by atoms with E-state index < -0.39 is 0 Å². The number of nitrogens with two attached hydrogens (primary N) is 1. The number of carbonyl (C=O) groups is 2. The number of thioether (sulfide) groups is 1. The molecular formula is C21H23N5O2S2. The molecule has 2 aromatic heterocycles. The predicted octanol–water partition coefficient (Wildman–Crippen LogP) is 2.74. The molecule has 2 amide bonds. The zero-order chi connectivity index (χ0) is 20.9. The zero-order valence-electron chi connectivity index (χ0n) is 16.4. The monoisotopic (exact) mass is 441 g/mol. The van der Waals surface area contributed by atoms with Gasteiger partial charge in [0, 0.05) is 30.1 Å². The largest absolute Gasteiger partial charge is 0.369 e. The van der Waals surface area contributed by atoms with Crippen LogP contribution in [-0.2, 0) is 16.0 Å². The summed E-state index contributed by atoms with van der Waals surface area (Å²) in [6.07, 6.45) is 2.23. The third-order valence-electron chi connectivity index (χ3n) is 5.13. The molecule has 1 fully saturated rings. The van der Waals surface area contributed by atoms with Gasteiger partial charge in [0.05, 0.1) is 11.7 Å². The van der Waals surface area contributed by atoms with Gasteiger partial charge in [-0.05, 0) is 36.4 Å². The topological polar surface area (TPSA) is 94.1 Å². The molecule has 156 valence electrons. The first-order valence-electron chi connectivity index (χ1n) is 9.84. The molecule has 9 heteroatoms. The van der Waals surface area contributed by atoms with Crippen LogP contribution in [0.1, 0.15) is 23.5 Å². The van der Waals surface area contributed by atoms with E-state index in [1.54, 1.807) is 16.2 Å². The average molecular weight is 442 g/mol. The van der Waals surface area contributed by atoms with E-state index in [4.69, 9.17) is 5.73 Å². The van der Waals surface area contributed by atoms with Crippen molar-refractivity contribution in [3.63, 3.8) is 0 Å². The van der Waals surface area contributed by atoms with Gasteiger partial charge in [-0.2, -0.15) is 0 Å². The lowest BCUT2D eigenvalue weighted by molar-refractivity contribution is -0.132. The summed E-state index contributed by atoms with van der Waals surface area (Å²) in [6.45, 7) is 1.07. The quantitative estimate of drug-likeness (QED) is 0.569. The Kier molecular flexibility index (Phi) is 6.49. The summed E-state index contributed by atoms with van der Waals surface area (Å²) in [7, 11) is 0. The van der Waals surface area contributed by atoms with Crippen molar-refractivity contribution in [1.29, 1.82) is 0 Å². The fourth-order valence-corrected chi connectivity index (χ4v) is 5.14. The highest BCUT2D eigenvalue weighted by atomic mass is 32.2. The van der Waals surface area contributed by atoms with Gasteiger partial charge in [-0.15, -0.1) is 21.5 Å². The van der Waals surface area contributed by atoms with E-state index in [0.717, 1.165) is 24.4 Å². The fraction of sp³-hybridized carbons (Fsp3) is 0.333. The van der Waals surface area contributed by atoms with Crippen LogP contribution in [0, 0.1) is 5.92 Å². The smallest absolute Gasteiger partial charge is 0.233 e. The zero-order valence-corrected chi connectivity index (χ0v) is 18.1. The summed E-state index contributed by atoms with van der Waals surface area (Å²) in [4.78, 5) is 27.2. The van der Waals surface area contributed by atoms with Crippen LogP contribution in [0.4, 0.5) is 0 Å². The number of thiophene rings is 1. The van der Waals surface area contributed by atoms with E-state index in [9.17, 15) is 9.59 Å². The summed E-state index contributed by atoms with van der Waals surface area (Å²) < 4.78 is 2.01. The minimum atomic E-state index is -0.331. The molecule has 0 radical (unpaired) electrons. The van der Waals surface area contributed by atoms with Crippen molar-refractivity contribution in [2.45, 2.75) is 24.4 Å². The number of primary amides is 1. The molecule has 1 atom stereocenters. The molecule has 2 N–H and O–H groups in total. The van der Waals surface area contributed by atoms with Gasteiger partial charge >= 0.3 is 0 Å². The SMILES string of the molecule is NC(=O)[C@@H]1CCCN(C(=O)CSc2nnc(Cc3cccs3)n2-c2ccccc2)C1. The standard InChI is InChI=1S/C21H23N5O2S2/c22-20(28)15-6-4-10-25(13-15)19(27)14-30-21-24-23-18(12-17-9-5-11-29-17)26(21)16-7-2-1-3-8-16/h1-3,5,7-9,11,15H,4,6,10,12-14H2,(H2,22,28)/t15-/m1/s1. The number of rotatable bonds is 7. The average Bonchev–Trinajstić information content (AvgIpc) is 3.43. The molecule has 0 unspecified atom stereocenters. The second kappa shape index (κ2) is 9.44. The summed E-state index contributed by atoms with van der Waals surface area (Å²) in [5.74, 6) is 0.495. The van der Waals surface area contributed by atoms with E-state index >= 15 is 0 Å². The van der Waals surface area contributed by atoms with Crippen molar-refractivity contribution in [2.75, 3.05) is 18.8 Å². The number of benzene rings is 1. The fourth-order valence-electron chi connectivity index (χ4n) is 3.57. The molecule has 7 nitrogen and oxygen atoms in total. The second-order valence-electron chi connectivity index (χ2n) is 7.20. The van der Waals surface area contributed by atoms with E-state index in [0.29, 0.717) is 24.7 Å². The van der Waals surface area contributed by atoms with Crippen LogP contribution in [0.25, 0.3) is 5.69 Å². The van der Waals surface area contributed by atoms with Gasteiger partial charge in [0.15, 0.2) is 5.16 Å². The van der Waals surface area contributed by atoms with Crippen molar-refractivity contribution in [2.24, 2.45) is 11.7 Å². The van der Waals surface area contributed by atoms with Crippen molar-refractivity contribution in [3.05, 3.63) is 58.5 Å². The highest BCUT2D eigenvalue weighted by molar-refractivity contribution is 7.99. The molecule has 1 aromatic carbocycles. The molecule has 30 heavy (non-hydrogen) atoms. The molecule has 0 aliphatic carbocycles. The lowest BCUT2D eigenvalue weighted by Gasteiger charge is -2.31. The van der Waals surface area contributed by atoms with Gasteiger partial charge in [0.25, 0.3) is 0 Å². The molecule has 3 aromatic rings. The Balaban J connectivity index is 1.50. The maximum Gasteiger partial charge on any atom is 0.233 e. The Bertz CT molecular complexity index is 1000. The normalized spacial score (nSPS) is 16.5. The lowest BCUT2D eigenvalue weighted by Crippen LogP contribution is -2.44. The Hall–Kier alpha value is -2.65. The molecule has 1 aliphatic rings. The van der Waals surface area contributed by atoms with Gasteiger partial charge in [-0.3, -0.25) is 14.2 Å². The lowest BCUT2D eigenvalue weighted by atomic mass is 9.97. The van der Waals surface area contributed by atoms with Crippen molar-refractivity contribution < 1.29 is 9.59 Å². The molecule has 0 saturated carbocycles. The first kappa shape index (κ1) is 20.6. The summed E-state index contributed by atoms with van der Waals surface area (Å²) >= 11 is 3.06. The molecule has 0 bridgehead atoms. The summed E-state index contributed by atoms with van der Waals surface area (Å²) in [5, 5.41) is 11.5. The van der Waals surface area contributed by atoms with Crippen LogP contribution in [-0.4, -0.2) is 50.3 Å². The number of aromatic nitrogens is 3. The predicted molar refractivity (Wildman–Crippen MR) is 118 cm³/mol. The van der Waals surface area contributed by atoms with Gasteiger partial charge in [0.1, 0.15) is 5.82 Å². The van der Waals surface area contributed by atoms with Gasteiger partial charge < -0.3 is 10.6 Å². The molecule has 1 saturated heterocycles. The van der Waals surface area contributed by atoms with E-state index in [1.807, 2.05) is 46.3 Å². The van der Waals surface area contributed by atoms with E-state index in [-0.39, 0.29) is 23.5 Å². The highest BCUT2D eigenvalue weighted by Gasteiger charge is 2.27. The number of para-hydroxylation sites is 1. The van der Waals surface area contributed by atoms with Crippen LogP contribution < -0.4 is 5.73 Å². The van der Waals surface area contributed by atoms with Gasteiger partial charge in [0.2, 0.25) is 11.8 Å². The van der Waals surface area contributed by atoms with Crippen LogP contribution in [0.3, 0.4) is 0 Å². The second-order valence-corrected chi connectivity index (χ2v) is 9.17. The Morgan fingerprint density at radius 3 is 2.73 bits per heavy atom. The number of piperidine rings is 1. The Labute approximate surface area is 183 Å². The maximum atomic E-state index is 12.7. The van der Waals surface area contributed by atoms with Crippen LogP contribution >= 0.6 is 23.1 Å². The number of likely N-dealkylation sites (tertiary alicyclic amines) is 1. The van der Waals surface area contributed by atoms with Crippen LogP contribution in [0.2, 0.25) is 0 Å². The summed E-state index contributed by atoms with van der Waals surface area (Å²) in [6, 6.07) is 14.0. The van der Waals surface area contributed by atoms with E-state index in [2.05, 4.69) is 16.3 Å². The number of amides is 2. The number of nitrogens with zero attached hydrogens (tertiary/aromatic N) is 4. The molecule has 4 rings (SSSR count). The molecular weight excluding hydrogens is 418 g/mol. The number of carbonyl (C=O) groups excluding carboxylic acids is 2. The highest BCUT2D eigenvalue weighted by Crippen LogP contribution is 2.25. The first-order chi connectivity index (χ1) is 14.6. The van der Waals surface area contributed by atoms with Crippen LogP contribution in [0.15, 0.2) is 53.0 Å². The van der Waals surface area contributed by atoms with Crippen molar-refractivity contribution in [3.8, 4) is 5.69 Å². The van der Waals surface area contributed by atoms with Crippen molar-refractivity contribution >= 4 is 34.9 Å². The molecule has 3 heterocycles. The Morgan fingerprint density at radius 1 is 1.17 bits per heavy atom.